The number of carbonyl (C=O) groups excluding carboxylic acids is 1. The largest absolute Gasteiger partial charge is 0.469 e. The molecule has 0 bridgehead atoms. The standard InChI is InChI=1S/C25H22O2/c26-25(21-10-5-2-6-11-21)16-14-20-13-15-23(19-8-3-1-4-9-19)24(20)18-22-12-7-17-27-22/h1-13,15,17,24H,14,16,18H2. The zero-order valence-electron chi connectivity index (χ0n) is 15.2. The predicted molar refractivity (Wildman–Crippen MR) is 108 cm³/mol. The predicted octanol–water partition coefficient (Wildman–Crippen LogP) is 6.13. The van der Waals surface area contributed by atoms with Crippen molar-refractivity contribution in [1.82, 2.24) is 0 Å². The van der Waals surface area contributed by atoms with Crippen molar-refractivity contribution >= 4 is 11.4 Å². The van der Waals surface area contributed by atoms with Crippen molar-refractivity contribution in [2.24, 2.45) is 5.92 Å². The molecule has 1 heterocycles. The fourth-order valence-electron chi connectivity index (χ4n) is 3.71. The third-order valence-corrected chi connectivity index (χ3v) is 5.13. The van der Waals surface area contributed by atoms with Crippen molar-refractivity contribution in [2.75, 3.05) is 0 Å². The van der Waals surface area contributed by atoms with Gasteiger partial charge in [-0.3, -0.25) is 4.79 Å². The van der Waals surface area contributed by atoms with Crippen LogP contribution in [-0.4, -0.2) is 5.78 Å². The number of rotatable bonds is 7. The summed E-state index contributed by atoms with van der Waals surface area (Å²) in [6.07, 6.45) is 8.23. The second-order valence-corrected chi connectivity index (χ2v) is 6.85. The fraction of sp³-hybridized carbons (Fsp3) is 0.160. The summed E-state index contributed by atoms with van der Waals surface area (Å²) in [5.74, 6) is 1.42. The quantitative estimate of drug-likeness (QED) is 0.478. The number of benzene rings is 2. The van der Waals surface area contributed by atoms with E-state index in [1.54, 1.807) is 6.26 Å². The van der Waals surface area contributed by atoms with Gasteiger partial charge >= 0.3 is 0 Å². The highest BCUT2D eigenvalue weighted by Crippen LogP contribution is 2.39. The summed E-state index contributed by atoms with van der Waals surface area (Å²) in [5, 5.41) is 0. The first-order chi connectivity index (χ1) is 13.3. The summed E-state index contributed by atoms with van der Waals surface area (Å²) in [5.41, 5.74) is 4.62. The van der Waals surface area contributed by atoms with Gasteiger partial charge in [-0.25, -0.2) is 0 Å². The molecule has 0 fully saturated rings. The first-order valence-corrected chi connectivity index (χ1v) is 9.38. The van der Waals surface area contributed by atoms with Crippen LogP contribution in [0.5, 0.6) is 0 Å². The van der Waals surface area contributed by atoms with Crippen molar-refractivity contribution in [3.8, 4) is 0 Å². The monoisotopic (exact) mass is 354 g/mol. The van der Waals surface area contributed by atoms with Gasteiger partial charge in [-0.15, -0.1) is 0 Å². The SMILES string of the molecule is O=C(CCC1=CC=C(c2ccccc2)C1Cc1ccco1)c1ccccc1. The Morgan fingerprint density at radius 3 is 2.30 bits per heavy atom. The van der Waals surface area contributed by atoms with Gasteiger partial charge in [0.15, 0.2) is 5.78 Å². The van der Waals surface area contributed by atoms with Crippen LogP contribution in [0, 0.1) is 5.92 Å². The molecule has 0 amide bonds. The van der Waals surface area contributed by atoms with E-state index in [2.05, 4.69) is 36.4 Å². The zero-order chi connectivity index (χ0) is 18.5. The van der Waals surface area contributed by atoms with Crippen LogP contribution in [0.3, 0.4) is 0 Å². The van der Waals surface area contributed by atoms with Gasteiger partial charge in [-0.05, 0) is 29.7 Å². The minimum Gasteiger partial charge on any atom is -0.469 e. The Labute approximate surface area is 159 Å². The summed E-state index contributed by atoms with van der Waals surface area (Å²) in [6, 6.07) is 23.9. The summed E-state index contributed by atoms with van der Waals surface area (Å²) < 4.78 is 5.60. The molecule has 1 aliphatic rings. The van der Waals surface area contributed by atoms with Crippen LogP contribution in [0.4, 0.5) is 0 Å². The minimum atomic E-state index is 0.196. The van der Waals surface area contributed by atoms with E-state index in [4.69, 9.17) is 4.42 Å². The van der Waals surface area contributed by atoms with Crippen molar-refractivity contribution < 1.29 is 9.21 Å². The molecule has 27 heavy (non-hydrogen) atoms. The molecule has 2 heteroatoms. The lowest BCUT2D eigenvalue weighted by Crippen LogP contribution is -2.09. The molecule has 3 aromatic rings. The number of allylic oxidation sites excluding steroid dienone is 4. The van der Waals surface area contributed by atoms with Gasteiger partial charge in [0.1, 0.15) is 5.76 Å². The van der Waals surface area contributed by atoms with E-state index < -0.39 is 0 Å². The van der Waals surface area contributed by atoms with Crippen molar-refractivity contribution in [3.63, 3.8) is 0 Å². The van der Waals surface area contributed by atoms with Crippen LogP contribution < -0.4 is 0 Å². The Balaban J connectivity index is 1.50. The third kappa shape index (κ3) is 4.01. The van der Waals surface area contributed by atoms with Gasteiger partial charge in [0, 0.05) is 24.3 Å². The molecular formula is C25H22O2. The van der Waals surface area contributed by atoms with E-state index >= 15 is 0 Å². The Morgan fingerprint density at radius 2 is 1.59 bits per heavy atom. The molecule has 4 rings (SSSR count). The lowest BCUT2D eigenvalue weighted by atomic mass is 9.85. The molecule has 1 aliphatic carbocycles. The Hall–Kier alpha value is -3.13. The number of hydrogen-bond donors (Lipinski definition) is 0. The normalized spacial score (nSPS) is 16.1. The van der Waals surface area contributed by atoms with Crippen molar-refractivity contribution in [3.05, 3.63) is 114 Å². The zero-order valence-corrected chi connectivity index (χ0v) is 15.2. The van der Waals surface area contributed by atoms with E-state index in [-0.39, 0.29) is 11.7 Å². The van der Waals surface area contributed by atoms with E-state index in [0.29, 0.717) is 6.42 Å². The van der Waals surface area contributed by atoms with Gasteiger partial charge in [-0.1, -0.05) is 78.4 Å². The molecule has 0 saturated heterocycles. The Morgan fingerprint density at radius 1 is 0.852 bits per heavy atom. The summed E-state index contributed by atoms with van der Waals surface area (Å²) in [7, 11) is 0. The van der Waals surface area contributed by atoms with Crippen LogP contribution in [0.2, 0.25) is 0 Å². The highest BCUT2D eigenvalue weighted by Gasteiger charge is 2.25. The number of Topliss-reactive ketones (excluding diaryl/α,β-unsaturated/α-hetero) is 1. The fourth-order valence-corrected chi connectivity index (χ4v) is 3.71. The number of furan rings is 1. The number of ketones is 1. The Bertz CT molecular complexity index is 948. The van der Waals surface area contributed by atoms with Crippen LogP contribution in [0.15, 0.2) is 101 Å². The highest BCUT2D eigenvalue weighted by molar-refractivity contribution is 5.96. The molecule has 1 unspecified atom stereocenters. The lowest BCUT2D eigenvalue weighted by Gasteiger charge is -2.19. The minimum absolute atomic E-state index is 0.196. The lowest BCUT2D eigenvalue weighted by molar-refractivity contribution is 0.0982. The maximum Gasteiger partial charge on any atom is 0.163 e. The molecular weight excluding hydrogens is 332 g/mol. The summed E-state index contributed by atoms with van der Waals surface area (Å²) in [6.45, 7) is 0. The molecule has 0 N–H and O–H groups in total. The summed E-state index contributed by atoms with van der Waals surface area (Å²) >= 11 is 0. The maximum absolute atomic E-state index is 12.5. The molecule has 1 atom stereocenters. The van der Waals surface area contributed by atoms with Crippen LogP contribution in [0.25, 0.3) is 5.57 Å². The average molecular weight is 354 g/mol. The van der Waals surface area contributed by atoms with Crippen LogP contribution in [0.1, 0.15) is 34.5 Å². The summed E-state index contributed by atoms with van der Waals surface area (Å²) in [4.78, 5) is 12.5. The van der Waals surface area contributed by atoms with Crippen LogP contribution >= 0.6 is 0 Å². The number of hydrogen-bond acceptors (Lipinski definition) is 2. The highest BCUT2D eigenvalue weighted by atomic mass is 16.3. The van der Waals surface area contributed by atoms with Crippen molar-refractivity contribution in [2.45, 2.75) is 19.3 Å². The van der Waals surface area contributed by atoms with E-state index in [1.807, 2.05) is 48.5 Å². The Kier molecular flexibility index (Phi) is 5.15. The van der Waals surface area contributed by atoms with Crippen molar-refractivity contribution in [1.29, 1.82) is 0 Å². The first-order valence-electron chi connectivity index (χ1n) is 9.38. The molecule has 1 aromatic heterocycles. The number of carbonyl (C=O) groups is 1. The molecule has 0 radical (unpaired) electrons. The second kappa shape index (κ2) is 8.05. The average Bonchev–Trinajstić information content (AvgIpc) is 3.38. The molecule has 2 aromatic carbocycles. The second-order valence-electron chi connectivity index (χ2n) is 6.85. The van der Waals surface area contributed by atoms with E-state index in [9.17, 15) is 4.79 Å². The van der Waals surface area contributed by atoms with E-state index in [0.717, 1.165) is 24.2 Å². The molecule has 0 aliphatic heterocycles. The van der Waals surface area contributed by atoms with Gasteiger partial charge in [0.25, 0.3) is 0 Å². The smallest absolute Gasteiger partial charge is 0.163 e. The van der Waals surface area contributed by atoms with E-state index in [1.165, 1.54) is 16.7 Å². The molecule has 134 valence electrons. The molecule has 0 saturated carbocycles. The van der Waals surface area contributed by atoms with Gasteiger partial charge in [0.05, 0.1) is 6.26 Å². The molecule has 0 spiro atoms. The van der Waals surface area contributed by atoms with Gasteiger partial charge in [0.2, 0.25) is 0 Å². The van der Waals surface area contributed by atoms with Gasteiger partial charge < -0.3 is 4.42 Å². The van der Waals surface area contributed by atoms with Gasteiger partial charge in [-0.2, -0.15) is 0 Å². The topological polar surface area (TPSA) is 30.2 Å². The maximum atomic E-state index is 12.5. The first kappa shape index (κ1) is 17.3. The third-order valence-electron chi connectivity index (χ3n) is 5.13. The molecule has 2 nitrogen and oxygen atoms in total. The van der Waals surface area contributed by atoms with Crippen LogP contribution in [-0.2, 0) is 6.42 Å².